The number of hydrogen-bond donors (Lipinski definition) is 1. The molecule has 1 rings (SSSR count). The highest BCUT2D eigenvalue weighted by molar-refractivity contribution is 5.26. The molecule has 0 bridgehead atoms. The van der Waals surface area contributed by atoms with Gasteiger partial charge in [-0.1, -0.05) is 12.1 Å². The van der Waals surface area contributed by atoms with Crippen molar-refractivity contribution < 1.29 is 17.6 Å². The Bertz CT molecular complexity index is 373. The van der Waals surface area contributed by atoms with Gasteiger partial charge in [-0.15, -0.1) is 0 Å². The van der Waals surface area contributed by atoms with Crippen molar-refractivity contribution in [2.24, 2.45) is 0 Å². The molecule has 17 heavy (non-hydrogen) atoms. The van der Waals surface area contributed by atoms with E-state index in [1.54, 1.807) is 13.0 Å². The van der Waals surface area contributed by atoms with E-state index in [9.17, 15) is 17.6 Å². The Morgan fingerprint density at radius 3 is 2.41 bits per heavy atom. The SMILES string of the molecule is CNC(CCC(F)(F)F)c1ccc(C)cc1F. The van der Waals surface area contributed by atoms with Crippen LogP contribution in [0.5, 0.6) is 0 Å². The van der Waals surface area contributed by atoms with Crippen LogP contribution in [-0.4, -0.2) is 13.2 Å². The number of aryl methyl sites for hydroxylation is 1. The smallest absolute Gasteiger partial charge is 0.313 e. The summed E-state index contributed by atoms with van der Waals surface area (Å²) in [5, 5.41) is 2.71. The van der Waals surface area contributed by atoms with E-state index >= 15 is 0 Å². The van der Waals surface area contributed by atoms with Crippen molar-refractivity contribution >= 4 is 0 Å². The van der Waals surface area contributed by atoms with Crippen molar-refractivity contribution in [2.45, 2.75) is 32.0 Å². The van der Waals surface area contributed by atoms with E-state index in [1.165, 1.54) is 19.2 Å². The Hall–Kier alpha value is -1.10. The van der Waals surface area contributed by atoms with Crippen LogP contribution in [0.2, 0.25) is 0 Å². The first-order valence-electron chi connectivity index (χ1n) is 5.33. The first-order chi connectivity index (χ1) is 7.83. The summed E-state index contributed by atoms with van der Waals surface area (Å²) < 4.78 is 49.9. The lowest BCUT2D eigenvalue weighted by Gasteiger charge is -2.18. The molecule has 1 N–H and O–H groups in total. The van der Waals surface area contributed by atoms with E-state index in [0.29, 0.717) is 0 Å². The van der Waals surface area contributed by atoms with Crippen molar-refractivity contribution in [2.75, 3.05) is 7.05 Å². The molecule has 1 atom stereocenters. The van der Waals surface area contributed by atoms with Gasteiger partial charge in [-0.25, -0.2) is 4.39 Å². The van der Waals surface area contributed by atoms with Crippen LogP contribution >= 0.6 is 0 Å². The molecular formula is C12H15F4N. The Kier molecular flexibility index (Phi) is 4.51. The second-order valence-corrected chi connectivity index (χ2v) is 4.02. The van der Waals surface area contributed by atoms with Crippen molar-refractivity contribution in [1.29, 1.82) is 0 Å². The molecule has 0 fully saturated rings. The normalized spacial score (nSPS) is 13.8. The lowest BCUT2D eigenvalue weighted by Crippen LogP contribution is -2.20. The molecule has 1 aromatic rings. The third kappa shape index (κ3) is 4.34. The molecular weight excluding hydrogens is 234 g/mol. The minimum atomic E-state index is -4.21. The number of halogens is 4. The van der Waals surface area contributed by atoms with Crippen molar-refractivity contribution in [3.8, 4) is 0 Å². The molecule has 1 aromatic carbocycles. The van der Waals surface area contributed by atoms with Crippen LogP contribution in [0.3, 0.4) is 0 Å². The Morgan fingerprint density at radius 2 is 1.94 bits per heavy atom. The van der Waals surface area contributed by atoms with Crippen molar-refractivity contribution in [3.63, 3.8) is 0 Å². The molecule has 0 saturated heterocycles. The number of nitrogens with one attached hydrogen (secondary N) is 1. The van der Waals surface area contributed by atoms with Crippen LogP contribution in [-0.2, 0) is 0 Å². The first kappa shape index (κ1) is 14.0. The molecule has 0 heterocycles. The summed E-state index contributed by atoms with van der Waals surface area (Å²) in [5.74, 6) is -0.466. The zero-order chi connectivity index (χ0) is 13.1. The zero-order valence-corrected chi connectivity index (χ0v) is 9.74. The van der Waals surface area contributed by atoms with Gasteiger partial charge in [0, 0.05) is 18.0 Å². The van der Waals surface area contributed by atoms with Crippen LogP contribution in [0.1, 0.15) is 30.0 Å². The van der Waals surface area contributed by atoms with Gasteiger partial charge in [0.25, 0.3) is 0 Å². The van der Waals surface area contributed by atoms with Crippen LogP contribution in [0.15, 0.2) is 18.2 Å². The maximum Gasteiger partial charge on any atom is 0.389 e. The minimum absolute atomic E-state index is 0.167. The van der Waals surface area contributed by atoms with Gasteiger partial charge >= 0.3 is 6.18 Å². The molecule has 0 aliphatic rings. The van der Waals surface area contributed by atoms with Gasteiger partial charge in [-0.05, 0) is 32.0 Å². The summed E-state index contributed by atoms with van der Waals surface area (Å²) >= 11 is 0. The van der Waals surface area contributed by atoms with Crippen molar-refractivity contribution in [1.82, 2.24) is 5.32 Å². The van der Waals surface area contributed by atoms with E-state index < -0.39 is 24.5 Å². The first-order valence-corrected chi connectivity index (χ1v) is 5.33. The second-order valence-electron chi connectivity index (χ2n) is 4.02. The van der Waals surface area contributed by atoms with Crippen LogP contribution < -0.4 is 5.32 Å². The molecule has 0 spiro atoms. The van der Waals surface area contributed by atoms with E-state index in [4.69, 9.17) is 0 Å². The second kappa shape index (κ2) is 5.49. The highest BCUT2D eigenvalue weighted by Crippen LogP contribution is 2.28. The minimum Gasteiger partial charge on any atom is -0.313 e. The molecule has 0 aliphatic heterocycles. The average molecular weight is 249 g/mol. The Morgan fingerprint density at radius 1 is 1.29 bits per heavy atom. The van der Waals surface area contributed by atoms with Gasteiger partial charge in [-0.2, -0.15) is 13.2 Å². The maximum atomic E-state index is 13.6. The predicted molar refractivity (Wildman–Crippen MR) is 58.2 cm³/mol. The molecule has 5 heteroatoms. The Labute approximate surface area is 97.8 Å². The average Bonchev–Trinajstić information content (AvgIpc) is 2.19. The number of hydrogen-bond acceptors (Lipinski definition) is 1. The third-order valence-electron chi connectivity index (χ3n) is 2.60. The highest BCUT2D eigenvalue weighted by Gasteiger charge is 2.28. The van der Waals surface area contributed by atoms with Gasteiger partial charge in [0.2, 0.25) is 0 Å². The van der Waals surface area contributed by atoms with Crippen molar-refractivity contribution in [3.05, 3.63) is 35.1 Å². The molecule has 1 nitrogen and oxygen atoms in total. The summed E-state index contributed by atoms with van der Waals surface area (Å²) in [6.45, 7) is 1.73. The molecule has 0 radical (unpaired) electrons. The lowest BCUT2D eigenvalue weighted by atomic mass is 10.00. The number of rotatable bonds is 4. The summed E-state index contributed by atoms with van der Waals surface area (Å²) in [4.78, 5) is 0. The molecule has 1 unspecified atom stereocenters. The maximum absolute atomic E-state index is 13.6. The summed E-state index contributed by atoms with van der Waals surface area (Å²) in [6.07, 6.45) is -5.30. The van der Waals surface area contributed by atoms with E-state index in [2.05, 4.69) is 5.32 Å². The van der Waals surface area contributed by atoms with Gasteiger partial charge in [-0.3, -0.25) is 0 Å². The molecule has 0 aliphatic carbocycles. The third-order valence-corrected chi connectivity index (χ3v) is 2.60. The van der Waals surface area contributed by atoms with Gasteiger partial charge < -0.3 is 5.32 Å². The van der Waals surface area contributed by atoms with Gasteiger partial charge in [0.05, 0.1) is 0 Å². The topological polar surface area (TPSA) is 12.0 Å². The van der Waals surface area contributed by atoms with Gasteiger partial charge in [0.1, 0.15) is 5.82 Å². The molecule has 0 amide bonds. The predicted octanol–water partition coefficient (Wildman–Crippen LogP) is 3.74. The van der Waals surface area contributed by atoms with Gasteiger partial charge in [0.15, 0.2) is 0 Å². The zero-order valence-electron chi connectivity index (χ0n) is 9.74. The van der Waals surface area contributed by atoms with E-state index in [0.717, 1.165) is 5.56 Å². The monoisotopic (exact) mass is 249 g/mol. The number of benzene rings is 1. The summed E-state index contributed by atoms with van der Waals surface area (Å²) in [5.41, 5.74) is 1.03. The fourth-order valence-electron chi connectivity index (χ4n) is 1.68. The largest absolute Gasteiger partial charge is 0.389 e. The number of alkyl halides is 3. The summed E-state index contributed by atoms with van der Waals surface area (Å²) in [7, 11) is 1.53. The molecule has 0 saturated carbocycles. The van der Waals surface area contributed by atoms with Crippen LogP contribution in [0.25, 0.3) is 0 Å². The standard InChI is InChI=1S/C12H15F4N/c1-8-3-4-9(10(13)7-8)11(17-2)5-6-12(14,15)16/h3-4,7,11,17H,5-6H2,1-2H3. The quantitative estimate of drug-likeness (QED) is 0.801. The molecule has 0 aromatic heterocycles. The Balaban J connectivity index is 2.79. The summed E-state index contributed by atoms with van der Waals surface area (Å²) in [6, 6.07) is 3.93. The fourth-order valence-corrected chi connectivity index (χ4v) is 1.68. The highest BCUT2D eigenvalue weighted by atomic mass is 19.4. The fraction of sp³-hybridized carbons (Fsp3) is 0.500. The lowest BCUT2D eigenvalue weighted by molar-refractivity contribution is -0.136. The van der Waals surface area contributed by atoms with Crippen LogP contribution in [0.4, 0.5) is 17.6 Å². The van der Waals surface area contributed by atoms with E-state index in [1.807, 2.05) is 0 Å². The van der Waals surface area contributed by atoms with Crippen LogP contribution in [0, 0.1) is 12.7 Å². The molecule has 96 valence electrons. The van der Waals surface area contributed by atoms with E-state index in [-0.39, 0.29) is 12.0 Å².